The van der Waals surface area contributed by atoms with Gasteiger partial charge in [-0.15, -0.1) is 0 Å². The highest BCUT2D eigenvalue weighted by molar-refractivity contribution is 6.31. The molecule has 0 saturated carbocycles. The number of aldehydes is 1. The van der Waals surface area contributed by atoms with Crippen LogP contribution in [0.4, 0.5) is 0 Å². The molecule has 0 aliphatic heterocycles. The van der Waals surface area contributed by atoms with Gasteiger partial charge in [0, 0.05) is 10.6 Å². The lowest BCUT2D eigenvalue weighted by Gasteiger charge is -2.18. The van der Waals surface area contributed by atoms with E-state index in [1.165, 1.54) is 18.2 Å². The zero-order valence-electron chi connectivity index (χ0n) is 12.1. The van der Waals surface area contributed by atoms with Crippen molar-refractivity contribution in [2.24, 2.45) is 0 Å². The Hall–Kier alpha value is -1.59. The zero-order valence-corrected chi connectivity index (χ0v) is 12.9. The third-order valence-corrected chi connectivity index (χ3v) is 2.74. The van der Waals surface area contributed by atoms with E-state index in [2.05, 4.69) is 0 Å². The average Bonchev–Trinajstić information content (AvgIpc) is 2.46. The maximum Gasteiger partial charge on any atom is 0.376 e. The highest BCUT2D eigenvalue weighted by Gasteiger charge is 2.23. The smallest absolute Gasteiger partial charge is 0.376 e. The summed E-state index contributed by atoms with van der Waals surface area (Å²) >= 11 is 5.88. The van der Waals surface area contributed by atoms with Crippen LogP contribution in [0.3, 0.4) is 0 Å². The third kappa shape index (κ3) is 6.14. The minimum atomic E-state index is -1.17. The number of benzene rings is 1. The van der Waals surface area contributed by atoms with Gasteiger partial charge in [-0.05, 0) is 31.5 Å². The van der Waals surface area contributed by atoms with Crippen LogP contribution in [-0.2, 0) is 14.3 Å². The lowest BCUT2D eigenvalue weighted by Crippen LogP contribution is -2.32. The summed E-state index contributed by atoms with van der Waals surface area (Å²) in [6.07, 6.45) is 1.21. The number of rotatable bonds is 9. The van der Waals surface area contributed by atoms with Crippen molar-refractivity contribution in [2.45, 2.75) is 33.0 Å². The molecule has 0 fully saturated rings. The van der Waals surface area contributed by atoms with Crippen LogP contribution in [0.5, 0.6) is 5.75 Å². The minimum absolute atomic E-state index is 0.227. The molecule has 0 amide bonds. The van der Waals surface area contributed by atoms with Crippen molar-refractivity contribution in [1.82, 2.24) is 0 Å². The molecular formula is C15H19ClO5. The Balaban J connectivity index is 2.81. The van der Waals surface area contributed by atoms with E-state index in [1.807, 2.05) is 6.92 Å². The standard InChI is InChI=1S/C15H19ClO5/c1-3-5-6-20-15(14(18)19-4-2)21-13-8-11(10-17)7-12(16)9-13/h7-10,15H,3-6H2,1-2H3. The van der Waals surface area contributed by atoms with Crippen molar-refractivity contribution in [3.8, 4) is 5.75 Å². The van der Waals surface area contributed by atoms with Crippen molar-refractivity contribution in [3.63, 3.8) is 0 Å². The lowest BCUT2D eigenvalue weighted by atomic mass is 10.2. The Morgan fingerprint density at radius 3 is 2.71 bits per heavy atom. The molecule has 21 heavy (non-hydrogen) atoms. The van der Waals surface area contributed by atoms with Gasteiger partial charge in [0.1, 0.15) is 12.0 Å². The van der Waals surface area contributed by atoms with Crippen LogP contribution >= 0.6 is 11.6 Å². The fourth-order valence-corrected chi connectivity index (χ4v) is 1.77. The van der Waals surface area contributed by atoms with Crippen LogP contribution in [-0.4, -0.2) is 31.8 Å². The molecule has 1 aromatic carbocycles. The van der Waals surface area contributed by atoms with Crippen LogP contribution in [0.25, 0.3) is 0 Å². The van der Waals surface area contributed by atoms with Crippen molar-refractivity contribution in [3.05, 3.63) is 28.8 Å². The number of halogens is 1. The maximum atomic E-state index is 11.8. The minimum Gasteiger partial charge on any atom is -0.461 e. The van der Waals surface area contributed by atoms with Gasteiger partial charge in [-0.1, -0.05) is 24.9 Å². The van der Waals surface area contributed by atoms with Crippen molar-refractivity contribution < 1.29 is 23.8 Å². The number of ether oxygens (including phenoxy) is 3. The summed E-state index contributed by atoms with van der Waals surface area (Å²) in [7, 11) is 0. The summed E-state index contributed by atoms with van der Waals surface area (Å²) in [6.45, 7) is 4.31. The van der Waals surface area contributed by atoms with E-state index in [0.717, 1.165) is 12.8 Å². The Labute approximate surface area is 129 Å². The second kappa shape index (κ2) is 9.37. The van der Waals surface area contributed by atoms with Gasteiger partial charge in [-0.2, -0.15) is 0 Å². The van der Waals surface area contributed by atoms with E-state index in [0.29, 0.717) is 23.5 Å². The van der Waals surface area contributed by atoms with Gasteiger partial charge in [0.25, 0.3) is 6.29 Å². The van der Waals surface area contributed by atoms with Gasteiger partial charge in [0.15, 0.2) is 0 Å². The fourth-order valence-electron chi connectivity index (χ4n) is 1.54. The molecule has 116 valence electrons. The number of esters is 1. The molecule has 0 saturated heterocycles. The van der Waals surface area contributed by atoms with Crippen LogP contribution in [0.1, 0.15) is 37.0 Å². The molecular weight excluding hydrogens is 296 g/mol. The average molecular weight is 315 g/mol. The monoisotopic (exact) mass is 314 g/mol. The Bertz CT molecular complexity index is 475. The van der Waals surface area contributed by atoms with E-state index in [4.69, 9.17) is 25.8 Å². The first kappa shape index (κ1) is 17.5. The number of unbranched alkanes of at least 4 members (excludes halogenated alkanes) is 1. The fraction of sp³-hybridized carbons (Fsp3) is 0.467. The summed E-state index contributed by atoms with van der Waals surface area (Å²) in [4.78, 5) is 22.6. The van der Waals surface area contributed by atoms with E-state index < -0.39 is 12.3 Å². The predicted molar refractivity (Wildman–Crippen MR) is 78.7 cm³/mol. The van der Waals surface area contributed by atoms with E-state index >= 15 is 0 Å². The highest BCUT2D eigenvalue weighted by atomic mass is 35.5. The molecule has 0 aliphatic carbocycles. The molecule has 0 radical (unpaired) electrons. The van der Waals surface area contributed by atoms with Crippen LogP contribution in [0, 0.1) is 0 Å². The molecule has 0 spiro atoms. The highest BCUT2D eigenvalue weighted by Crippen LogP contribution is 2.22. The first-order chi connectivity index (χ1) is 10.1. The van der Waals surface area contributed by atoms with Crippen LogP contribution in [0.15, 0.2) is 18.2 Å². The van der Waals surface area contributed by atoms with Crippen molar-refractivity contribution in [1.29, 1.82) is 0 Å². The maximum absolute atomic E-state index is 11.8. The van der Waals surface area contributed by atoms with Crippen molar-refractivity contribution >= 4 is 23.9 Å². The molecule has 0 bridgehead atoms. The topological polar surface area (TPSA) is 61.8 Å². The normalized spacial score (nSPS) is 11.8. The molecule has 1 rings (SSSR count). The first-order valence-electron chi connectivity index (χ1n) is 6.81. The molecule has 1 atom stereocenters. The summed E-state index contributed by atoms with van der Waals surface area (Å²) in [5.41, 5.74) is 0.355. The van der Waals surface area contributed by atoms with Gasteiger partial charge < -0.3 is 14.2 Å². The first-order valence-corrected chi connectivity index (χ1v) is 7.19. The molecule has 1 aromatic rings. The van der Waals surface area contributed by atoms with E-state index in [1.54, 1.807) is 6.92 Å². The molecule has 1 unspecified atom stereocenters. The third-order valence-electron chi connectivity index (χ3n) is 2.52. The summed E-state index contributed by atoms with van der Waals surface area (Å²) in [5.74, 6) is -0.333. The van der Waals surface area contributed by atoms with Crippen LogP contribution in [0.2, 0.25) is 5.02 Å². The largest absolute Gasteiger partial charge is 0.461 e. The van der Waals surface area contributed by atoms with E-state index in [-0.39, 0.29) is 12.4 Å². The molecule has 0 heterocycles. The summed E-state index contributed by atoms with van der Waals surface area (Å²) in [5, 5.41) is 0.339. The quantitative estimate of drug-likeness (QED) is 0.303. The molecule has 6 heteroatoms. The SMILES string of the molecule is CCCCOC(Oc1cc(Cl)cc(C=O)c1)C(=O)OCC. The lowest BCUT2D eigenvalue weighted by molar-refractivity contribution is -0.177. The van der Waals surface area contributed by atoms with Gasteiger partial charge in [-0.3, -0.25) is 4.79 Å². The van der Waals surface area contributed by atoms with Crippen LogP contribution < -0.4 is 4.74 Å². The second-order valence-electron chi connectivity index (χ2n) is 4.26. The van der Waals surface area contributed by atoms with Gasteiger partial charge in [0.2, 0.25) is 0 Å². The summed E-state index contributed by atoms with van der Waals surface area (Å²) in [6, 6.07) is 4.48. The van der Waals surface area contributed by atoms with Gasteiger partial charge in [-0.25, -0.2) is 4.79 Å². The number of hydrogen-bond donors (Lipinski definition) is 0. The Morgan fingerprint density at radius 1 is 1.33 bits per heavy atom. The zero-order chi connectivity index (χ0) is 15.7. The number of carbonyl (C=O) groups is 2. The number of hydrogen-bond acceptors (Lipinski definition) is 5. The molecule has 0 aliphatic rings. The predicted octanol–water partition coefficient (Wildman–Crippen LogP) is 3.24. The Morgan fingerprint density at radius 2 is 2.10 bits per heavy atom. The second-order valence-corrected chi connectivity index (χ2v) is 4.70. The molecule has 0 aromatic heterocycles. The van der Waals surface area contributed by atoms with Gasteiger partial charge >= 0.3 is 5.97 Å². The van der Waals surface area contributed by atoms with Gasteiger partial charge in [0.05, 0.1) is 13.2 Å². The summed E-state index contributed by atoms with van der Waals surface area (Å²) < 4.78 is 15.7. The molecule has 5 nitrogen and oxygen atoms in total. The Kier molecular flexibility index (Phi) is 7.79. The number of carbonyl (C=O) groups excluding carboxylic acids is 2. The van der Waals surface area contributed by atoms with E-state index in [9.17, 15) is 9.59 Å². The van der Waals surface area contributed by atoms with Crippen molar-refractivity contribution in [2.75, 3.05) is 13.2 Å². The molecule has 0 N–H and O–H groups in total.